The lowest BCUT2D eigenvalue weighted by molar-refractivity contribution is -0.115. The molecule has 0 aliphatic heterocycles. The van der Waals surface area contributed by atoms with Gasteiger partial charge in [-0.3, -0.25) is 9.59 Å². The van der Waals surface area contributed by atoms with Crippen LogP contribution in [0.2, 0.25) is 0 Å². The topological polar surface area (TPSA) is 80.3 Å². The van der Waals surface area contributed by atoms with Gasteiger partial charge in [-0.25, -0.2) is 8.42 Å². The maximum Gasteiger partial charge on any atom is 0.228 e. The molecule has 0 radical (unpaired) electrons. The van der Waals surface area contributed by atoms with E-state index < -0.39 is 9.84 Å². The third kappa shape index (κ3) is 5.71. The summed E-state index contributed by atoms with van der Waals surface area (Å²) in [5.41, 5.74) is 3.55. The van der Waals surface area contributed by atoms with Gasteiger partial charge in [-0.1, -0.05) is 86.7 Å². The second-order valence-corrected chi connectivity index (χ2v) is 11.2. The summed E-state index contributed by atoms with van der Waals surface area (Å²) in [6.45, 7) is 3.62. The highest BCUT2D eigenvalue weighted by molar-refractivity contribution is 7.91. The molecule has 3 aromatic carbocycles. The number of ketones is 1. The van der Waals surface area contributed by atoms with Crippen LogP contribution < -0.4 is 5.32 Å². The number of anilines is 1. The first-order chi connectivity index (χ1) is 17.3. The highest BCUT2D eigenvalue weighted by Crippen LogP contribution is 2.32. The van der Waals surface area contributed by atoms with E-state index in [4.69, 9.17) is 0 Å². The van der Waals surface area contributed by atoms with E-state index in [2.05, 4.69) is 5.32 Å². The van der Waals surface area contributed by atoms with Crippen molar-refractivity contribution >= 4 is 27.2 Å². The van der Waals surface area contributed by atoms with E-state index in [0.717, 1.165) is 11.1 Å². The van der Waals surface area contributed by atoms with Crippen LogP contribution in [-0.2, 0) is 21.1 Å². The van der Waals surface area contributed by atoms with Crippen LogP contribution in [0.15, 0.2) is 102 Å². The van der Waals surface area contributed by atoms with E-state index in [1.165, 1.54) is 12.1 Å². The molecule has 0 fully saturated rings. The lowest BCUT2D eigenvalue weighted by Crippen LogP contribution is -2.21. The van der Waals surface area contributed by atoms with Crippen LogP contribution in [0.5, 0.6) is 0 Å². The summed E-state index contributed by atoms with van der Waals surface area (Å²) in [6.07, 6.45) is 7.88. The van der Waals surface area contributed by atoms with Crippen LogP contribution in [0.4, 0.5) is 5.69 Å². The zero-order chi connectivity index (χ0) is 25.7. The van der Waals surface area contributed by atoms with Crippen molar-refractivity contribution < 1.29 is 18.0 Å². The summed E-state index contributed by atoms with van der Waals surface area (Å²) in [4.78, 5) is 26.6. The molecule has 1 aliphatic carbocycles. The minimum absolute atomic E-state index is 0.00535. The van der Waals surface area contributed by atoms with Crippen LogP contribution in [0, 0.1) is 11.8 Å². The lowest BCUT2D eigenvalue weighted by Gasteiger charge is -2.21. The fourth-order valence-electron chi connectivity index (χ4n) is 4.29. The Labute approximate surface area is 212 Å². The van der Waals surface area contributed by atoms with Crippen molar-refractivity contribution in [2.45, 2.75) is 25.2 Å². The van der Waals surface area contributed by atoms with Crippen molar-refractivity contribution in [3.05, 3.63) is 108 Å². The van der Waals surface area contributed by atoms with E-state index in [1.807, 2.05) is 67.6 Å². The van der Waals surface area contributed by atoms with Crippen LogP contribution in [0.3, 0.4) is 0 Å². The lowest BCUT2D eigenvalue weighted by atomic mass is 9.82. The van der Waals surface area contributed by atoms with Gasteiger partial charge in [0.25, 0.3) is 0 Å². The number of Topliss-reactive ketones (excluding diaryl/α,β-unsaturated/α-hetero) is 1. The predicted molar refractivity (Wildman–Crippen MR) is 144 cm³/mol. The first kappa shape index (κ1) is 25.3. The predicted octanol–water partition coefficient (Wildman–Crippen LogP) is 5.89. The average Bonchev–Trinajstić information content (AvgIpc) is 2.89. The van der Waals surface area contributed by atoms with Crippen LogP contribution in [0.1, 0.15) is 29.8 Å². The summed E-state index contributed by atoms with van der Waals surface area (Å²) in [7, 11) is -3.29. The van der Waals surface area contributed by atoms with Gasteiger partial charge in [-0.2, -0.15) is 0 Å². The maximum absolute atomic E-state index is 13.6. The second-order valence-electron chi connectivity index (χ2n) is 8.92. The van der Waals surface area contributed by atoms with E-state index in [9.17, 15) is 18.0 Å². The van der Waals surface area contributed by atoms with E-state index in [1.54, 1.807) is 31.2 Å². The maximum atomic E-state index is 13.6. The molecule has 1 N–H and O–H groups in total. The molecule has 6 heteroatoms. The Morgan fingerprint density at radius 1 is 0.889 bits per heavy atom. The molecule has 0 saturated heterocycles. The van der Waals surface area contributed by atoms with Crippen molar-refractivity contribution in [1.29, 1.82) is 0 Å². The number of sulfone groups is 1. The number of carbonyl (C=O) groups excluding carboxylic acids is 2. The molecule has 0 aromatic heterocycles. The Bertz CT molecular complexity index is 1420. The number of benzene rings is 3. The molecule has 1 amide bonds. The molecule has 5 nitrogen and oxygen atoms in total. The monoisotopic (exact) mass is 499 g/mol. The fourth-order valence-corrected chi connectivity index (χ4v) is 5.18. The minimum atomic E-state index is -3.29. The zero-order valence-electron chi connectivity index (χ0n) is 20.3. The zero-order valence-corrected chi connectivity index (χ0v) is 21.2. The summed E-state index contributed by atoms with van der Waals surface area (Å²) in [6, 6.07) is 21.5. The summed E-state index contributed by atoms with van der Waals surface area (Å²) < 4.78 is 24.0. The molecule has 3 aromatic rings. The number of nitrogens with one attached hydrogen (secondary N) is 1. The van der Waals surface area contributed by atoms with Gasteiger partial charge in [0.2, 0.25) is 5.91 Å². The molecular weight excluding hydrogens is 470 g/mol. The average molecular weight is 500 g/mol. The van der Waals surface area contributed by atoms with Gasteiger partial charge in [-0.15, -0.1) is 0 Å². The molecule has 2 atom stereocenters. The Morgan fingerprint density at radius 3 is 2.25 bits per heavy atom. The molecule has 1 aliphatic rings. The molecule has 36 heavy (non-hydrogen) atoms. The number of hydrogen-bond donors (Lipinski definition) is 1. The van der Waals surface area contributed by atoms with Gasteiger partial charge < -0.3 is 5.32 Å². The number of hydrogen-bond acceptors (Lipinski definition) is 4. The van der Waals surface area contributed by atoms with Crippen molar-refractivity contribution in [3.8, 4) is 11.1 Å². The standard InChI is InChI=1S/C30H29NO4S/c1-3-36(34,35)25-16-13-22(14-17-25)19-29(32)31-24-15-18-27(23-10-5-4-6-11-23)28(20-24)30(33)26-12-8-7-9-21(26)2/h4-18,20-21,26H,3,19H2,1-2H3,(H,31,32). The van der Waals surface area contributed by atoms with Gasteiger partial charge in [-0.05, 0) is 46.9 Å². The Kier molecular flexibility index (Phi) is 7.65. The molecular formula is C30H29NO4S. The highest BCUT2D eigenvalue weighted by atomic mass is 32.2. The molecule has 0 heterocycles. The fraction of sp³-hybridized carbons (Fsp3) is 0.200. The van der Waals surface area contributed by atoms with Crippen LogP contribution in [-0.4, -0.2) is 25.9 Å². The van der Waals surface area contributed by atoms with E-state index in [0.29, 0.717) is 16.8 Å². The highest BCUT2D eigenvalue weighted by Gasteiger charge is 2.26. The number of rotatable bonds is 8. The molecule has 0 saturated carbocycles. The first-order valence-corrected chi connectivity index (χ1v) is 13.6. The first-order valence-electron chi connectivity index (χ1n) is 12.0. The summed E-state index contributed by atoms with van der Waals surface area (Å²) in [5, 5.41) is 2.89. The summed E-state index contributed by atoms with van der Waals surface area (Å²) >= 11 is 0. The van der Waals surface area contributed by atoms with Gasteiger partial charge >= 0.3 is 0 Å². The molecule has 0 bridgehead atoms. The van der Waals surface area contributed by atoms with Gasteiger partial charge in [0.05, 0.1) is 17.1 Å². The van der Waals surface area contributed by atoms with Crippen molar-refractivity contribution in [3.63, 3.8) is 0 Å². The Morgan fingerprint density at radius 2 is 1.58 bits per heavy atom. The number of allylic oxidation sites excluding steroid dienone is 4. The van der Waals surface area contributed by atoms with Crippen molar-refractivity contribution in [2.75, 3.05) is 11.1 Å². The van der Waals surface area contributed by atoms with Gasteiger partial charge in [0.15, 0.2) is 15.6 Å². The Hall–Kier alpha value is -3.77. The van der Waals surface area contributed by atoms with Gasteiger partial charge in [0.1, 0.15) is 0 Å². The molecule has 4 rings (SSSR count). The van der Waals surface area contributed by atoms with E-state index in [-0.39, 0.29) is 40.6 Å². The Balaban J connectivity index is 1.58. The number of carbonyl (C=O) groups is 2. The van der Waals surface area contributed by atoms with E-state index >= 15 is 0 Å². The van der Waals surface area contributed by atoms with Crippen molar-refractivity contribution in [2.24, 2.45) is 11.8 Å². The third-order valence-electron chi connectivity index (χ3n) is 6.39. The second kappa shape index (κ2) is 10.9. The molecule has 2 unspecified atom stereocenters. The van der Waals surface area contributed by atoms with Gasteiger partial charge in [0, 0.05) is 17.2 Å². The van der Waals surface area contributed by atoms with Crippen LogP contribution in [0.25, 0.3) is 11.1 Å². The smallest absolute Gasteiger partial charge is 0.228 e. The normalized spacial score (nSPS) is 17.1. The quantitative estimate of drug-likeness (QED) is 0.392. The molecule has 184 valence electrons. The molecule has 0 spiro atoms. The minimum Gasteiger partial charge on any atom is -0.326 e. The van der Waals surface area contributed by atoms with Crippen LogP contribution >= 0.6 is 0 Å². The largest absolute Gasteiger partial charge is 0.326 e. The van der Waals surface area contributed by atoms with Crippen molar-refractivity contribution in [1.82, 2.24) is 0 Å². The summed E-state index contributed by atoms with van der Waals surface area (Å²) in [5.74, 6) is -0.421. The number of amides is 1. The third-order valence-corrected chi connectivity index (χ3v) is 8.14. The SMILES string of the molecule is CCS(=O)(=O)c1ccc(CC(=O)Nc2ccc(-c3ccccc3)c(C(=O)C3C=CC=CC3C)c2)cc1.